The quantitative estimate of drug-likeness (QED) is 0.908. The SMILES string of the molecule is COc1ccc(C(=O)N2CCC(N)CC2C)cc1Br. The van der Waals surface area contributed by atoms with E-state index in [9.17, 15) is 4.79 Å². The molecule has 19 heavy (non-hydrogen) atoms. The van der Waals surface area contributed by atoms with Crippen molar-refractivity contribution in [1.82, 2.24) is 4.90 Å². The number of nitrogens with two attached hydrogens (primary N) is 1. The normalized spacial score (nSPS) is 23.3. The third-order valence-electron chi connectivity index (χ3n) is 3.58. The summed E-state index contributed by atoms with van der Waals surface area (Å²) in [6, 6.07) is 5.81. The molecular formula is C14H19BrN2O2. The van der Waals surface area contributed by atoms with Crippen LogP contribution in [0.15, 0.2) is 22.7 Å². The molecule has 5 heteroatoms. The lowest BCUT2D eigenvalue weighted by Gasteiger charge is -2.36. The van der Waals surface area contributed by atoms with Crippen LogP contribution >= 0.6 is 15.9 Å². The first-order valence-corrected chi connectivity index (χ1v) is 7.22. The molecule has 0 radical (unpaired) electrons. The Hall–Kier alpha value is -1.07. The van der Waals surface area contributed by atoms with Gasteiger partial charge in [-0.3, -0.25) is 4.79 Å². The molecule has 1 amide bonds. The number of benzene rings is 1. The van der Waals surface area contributed by atoms with E-state index in [2.05, 4.69) is 22.9 Å². The van der Waals surface area contributed by atoms with Gasteiger partial charge in [0.25, 0.3) is 5.91 Å². The highest BCUT2D eigenvalue weighted by Gasteiger charge is 2.27. The van der Waals surface area contributed by atoms with Gasteiger partial charge in [-0.15, -0.1) is 0 Å². The molecule has 0 aromatic heterocycles. The Morgan fingerprint density at radius 1 is 1.53 bits per heavy atom. The molecule has 0 aliphatic carbocycles. The van der Waals surface area contributed by atoms with Crippen LogP contribution in [-0.2, 0) is 0 Å². The maximum absolute atomic E-state index is 12.5. The predicted molar refractivity (Wildman–Crippen MR) is 78.4 cm³/mol. The molecule has 0 saturated carbocycles. The third-order valence-corrected chi connectivity index (χ3v) is 4.20. The van der Waals surface area contributed by atoms with Crippen LogP contribution < -0.4 is 10.5 Å². The number of likely N-dealkylation sites (tertiary alicyclic amines) is 1. The van der Waals surface area contributed by atoms with E-state index in [1.165, 1.54) is 0 Å². The van der Waals surface area contributed by atoms with Crippen LogP contribution in [-0.4, -0.2) is 36.5 Å². The van der Waals surface area contributed by atoms with Crippen molar-refractivity contribution in [2.45, 2.75) is 31.8 Å². The Morgan fingerprint density at radius 3 is 2.84 bits per heavy atom. The Bertz CT molecular complexity index is 479. The molecule has 4 nitrogen and oxygen atoms in total. The number of hydrogen-bond acceptors (Lipinski definition) is 3. The van der Waals surface area contributed by atoms with E-state index in [1.54, 1.807) is 19.2 Å². The van der Waals surface area contributed by atoms with Crippen molar-refractivity contribution in [2.75, 3.05) is 13.7 Å². The summed E-state index contributed by atoms with van der Waals surface area (Å²) in [5, 5.41) is 0. The van der Waals surface area contributed by atoms with Crippen molar-refractivity contribution >= 4 is 21.8 Å². The second kappa shape index (κ2) is 5.92. The van der Waals surface area contributed by atoms with Gasteiger partial charge in [-0.25, -0.2) is 0 Å². The molecule has 0 bridgehead atoms. The molecule has 2 atom stereocenters. The maximum Gasteiger partial charge on any atom is 0.254 e. The topological polar surface area (TPSA) is 55.6 Å². The highest BCUT2D eigenvalue weighted by atomic mass is 79.9. The van der Waals surface area contributed by atoms with Crippen molar-refractivity contribution in [3.05, 3.63) is 28.2 Å². The summed E-state index contributed by atoms with van der Waals surface area (Å²) in [4.78, 5) is 14.4. The van der Waals surface area contributed by atoms with Crippen LogP contribution in [0.5, 0.6) is 5.75 Å². The van der Waals surface area contributed by atoms with Crippen LogP contribution in [0.4, 0.5) is 0 Å². The summed E-state index contributed by atoms with van der Waals surface area (Å²) in [5.41, 5.74) is 6.60. The largest absolute Gasteiger partial charge is 0.496 e. The zero-order chi connectivity index (χ0) is 14.0. The summed E-state index contributed by atoms with van der Waals surface area (Å²) >= 11 is 3.41. The molecule has 2 rings (SSSR count). The number of ether oxygens (including phenoxy) is 1. The zero-order valence-corrected chi connectivity index (χ0v) is 12.8. The Morgan fingerprint density at radius 2 is 2.26 bits per heavy atom. The molecule has 1 aliphatic heterocycles. The average Bonchev–Trinajstić information content (AvgIpc) is 2.38. The van der Waals surface area contributed by atoms with E-state index in [0.717, 1.165) is 29.6 Å². The summed E-state index contributed by atoms with van der Waals surface area (Å²) in [6.07, 6.45) is 1.73. The number of halogens is 1. The Labute approximate surface area is 122 Å². The third kappa shape index (κ3) is 3.09. The van der Waals surface area contributed by atoms with E-state index < -0.39 is 0 Å². The summed E-state index contributed by atoms with van der Waals surface area (Å²) in [7, 11) is 1.61. The van der Waals surface area contributed by atoms with Crippen molar-refractivity contribution in [3.8, 4) is 5.75 Å². The number of piperidine rings is 1. The molecule has 2 unspecified atom stereocenters. The van der Waals surface area contributed by atoms with Crippen LogP contribution in [0.3, 0.4) is 0 Å². The number of amides is 1. The molecule has 1 aliphatic rings. The van der Waals surface area contributed by atoms with Crippen molar-refractivity contribution in [3.63, 3.8) is 0 Å². The molecule has 1 fully saturated rings. The highest BCUT2D eigenvalue weighted by molar-refractivity contribution is 9.10. The molecule has 1 saturated heterocycles. The lowest BCUT2D eigenvalue weighted by molar-refractivity contribution is 0.0619. The van der Waals surface area contributed by atoms with Crippen molar-refractivity contribution in [1.29, 1.82) is 0 Å². The van der Waals surface area contributed by atoms with Crippen LogP contribution in [0.25, 0.3) is 0 Å². The van der Waals surface area contributed by atoms with Gasteiger partial charge in [0, 0.05) is 24.2 Å². The molecule has 104 valence electrons. The van der Waals surface area contributed by atoms with Gasteiger partial charge in [0.05, 0.1) is 11.6 Å². The minimum absolute atomic E-state index is 0.0581. The van der Waals surface area contributed by atoms with Gasteiger partial charge in [-0.05, 0) is 53.9 Å². The predicted octanol–water partition coefficient (Wildman–Crippen LogP) is 2.41. The van der Waals surface area contributed by atoms with E-state index in [4.69, 9.17) is 10.5 Å². The fourth-order valence-electron chi connectivity index (χ4n) is 2.48. The molecule has 2 N–H and O–H groups in total. The minimum Gasteiger partial charge on any atom is -0.496 e. The number of nitrogens with zero attached hydrogens (tertiary/aromatic N) is 1. The van der Waals surface area contributed by atoms with Gasteiger partial charge < -0.3 is 15.4 Å². The second-order valence-corrected chi connectivity index (χ2v) is 5.84. The van der Waals surface area contributed by atoms with Gasteiger partial charge in [0.15, 0.2) is 0 Å². The summed E-state index contributed by atoms with van der Waals surface area (Å²) < 4.78 is 5.97. The fraction of sp³-hybridized carbons (Fsp3) is 0.500. The molecule has 1 heterocycles. The smallest absolute Gasteiger partial charge is 0.254 e. The molecular weight excluding hydrogens is 308 g/mol. The maximum atomic E-state index is 12.5. The van der Waals surface area contributed by atoms with Crippen LogP contribution in [0.2, 0.25) is 0 Å². The number of rotatable bonds is 2. The number of methoxy groups -OCH3 is 1. The first kappa shape index (κ1) is 14.3. The molecule has 1 aromatic carbocycles. The number of carbonyl (C=O) groups is 1. The zero-order valence-electron chi connectivity index (χ0n) is 11.2. The average molecular weight is 327 g/mol. The molecule has 0 spiro atoms. The van der Waals surface area contributed by atoms with Gasteiger partial charge in [0.2, 0.25) is 0 Å². The van der Waals surface area contributed by atoms with E-state index in [1.807, 2.05) is 11.0 Å². The second-order valence-electron chi connectivity index (χ2n) is 4.98. The summed E-state index contributed by atoms with van der Waals surface area (Å²) in [6.45, 7) is 2.78. The van der Waals surface area contributed by atoms with Gasteiger partial charge >= 0.3 is 0 Å². The Balaban J connectivity index is 2.17. The fourth-order valence-corrected chi connectivity index (χ4v) is 3.02. The lowest BCUT2D eigenvalue weighted by Crippen LogP contribution is -2.48. The van der Waals surface area contributed by atoms with E-state index in [0.29, 0.717) is 5.56 Å². The highest BCUT2D eigenvalue weighted by Crippen LogP contribution is 2.27. The molecule has 1 aromatic rings. The van der Waals surface area contributed by atoms with Crippen LogP contribution in [0, 0.1) is 0 Å². The first-order valence-electron chi connectivity index (χ1n) is 6.43. The van der Waals surface area contributed by atoms with E-state index >= 15 is 0 Å². The Kier molecular flexibility index (Phi) is 4.47. The van der Waals surface area contributed by atoms with Gasteiger partial charge in [-0.2, -0.15) is 0 Å². The first-order chi connectivity index (χ1) is 9.02. The summed E-state index contributed by atoms with van der Waals surface area (Å²) in [5.74, 6) is 0.785. The number of carbonyl (C=O) groups excluding carboxylic acids is 1. The van der Waals surface area contributed by atoms with Crippen molar-refractivity contribution in [2.24, 2.45) is 5.73 Å². The van der Waals surface area contributed by atoms with E-state index in [-0.39, 0.29) is 18.0 Å². The van der Waals surface area contributed by atoms with Gasteiger partial charge in [0.1, 0.15) is 5.75 Å². The lowest BCUT2D eigenvalue weighted by atomic mass is 9.98. The monoisotopic (exact) mass is 326 g/mol. The van der Waals surface area contributed by atoms with Crippen LogP contribution in [0.1, 0.15) is 30.1 Å². The van der Waals surface area contributed by atoms with Crippen molar-refractivity contribution < 1.29 is 9.53 Å². The number of hydrogen-bond donors (Lipinski definition) is 1. The minimum atomic E-state index is 0.0581. The standard InChI is InChI=1S/C14H19BrN2O2/c1-9-7-11(16)5-6-17(9)14(18)10-3-4-13(19-2)12(15)8-10/h3-4,8-9,11H,5-7,16H2,1-2H3. The van der Waals surface area contributed by atoms with Gasteiger partial charge in [-0.1, -0.05) is 0 Å².